The molecular formula is C21H29N3O4. The maximum Gasteiger partial charge on any atom is 0.254 e. The summed E-state index contributed by atoms with van der Waals surface area (Å²) in [5.41, 5.74) is 0.254. The van der Waals surface area contributed by atoms with E-state index in [0.717, 1.165) is 44.9 Å². The van der Waals surface area contributed by atoms with Crippen molar-refractivity contribution in [1.82, 2.24) is 15.2 Å². The second-order valence-electron chi connectivity index (χ2n) is 8.23. The third-order valence-corrected chi connectivity index (χ3v) is 6.86. The van der Waals surface area contributed by atoms with Gasteiger partial charge in [0.2, 0.25) is 11.8 Å². The maximum absolute atomic E-state index is 13.2. The van der Waals surface area contributed by atoms with Gasteiger partial charge in [0, 0.05) is 43.4 Å². The molecule has 2 amide bonds. The van der Waals surface area contributed by atoms with E-state index in [9.17, 15) is 9.59 Å². The summed E-state index contributed by atoms with van der Waals surface area (Å²) in [5, 5.41) is 3.23. The number of ether oxygens (including phenoxy) is 2. The van der Waals surface area contributed by atoms with Crippen LogP contribution in [-0.4, -0.2) is 60.1 Å². The summed E-state index contributed by atoms with van der Waals surface area (Å²) in [6.07, 6.45) is 8.05. The molecular weight excluding hydrogens is 358 g/mol. The molecule has 2 heterocycles. The number of hydrogen-bond donors (Lipinski definition) is 1. The molecule has 1 aromatic rings. The molecule has 0 aromatic carbocycles. The molecule has 0 spiro atoms. The van der Waals surface area contributed by atoms with Crippen molar-refractivity contribution in [3.05, 3.63) is 23.9 Å². The van der Waals surface area contributed by atoms with Crippen molar-refractivity contribution in [1.29, 1.82) is 0 Å². The number of aromatic nitrogens is 1. The van der Waals surface area contributed by atoms with Crippen LogP contribution in [0.5, 0.6) is 5.88 Å². The number of rotatable bonds is 5. The first-order chi connectivity index (χ1) is 13.6. The van der Waals surface area contributed by atoms with Crippen LogP contribution in [0.4, 0.5) is 0 Å². The molecule has 0 radical (unpaired) electrons. The van der Waals surface area contributed by atoms with Crippen molar-refractivity contribution < 1.29 is 19.1 Å². The van der Waals surface area contributed by atoms with E-state index < -0.39 is 0 Å². The Balaban J connectivity index is 1.50. The molecule has 1 N–H and O–H groups in total. The largest absolute Gasteiger partial charge is 0.481 e. The zero-order valence-electron chi connectivity index (χ0n) is 16.6. The first-order valence-corrected chi connectivity index (χ1v) is 10.2. The Kier molecular flexibility index (Phi) is 5.27. The van der Waals surface area contributed by atoms with Crippen LogP contribution in [0.3, 0.4) is 0 Å². The molecule has 3 aliphatic rings. The summed E-state index contributed by atoms with van der Waals surface area (Å²) in [6.45, 7) is 0.658. The molecule has 1 saturated heterocycles. The molecule has 28 heavy (non-hydrogen) atoms. The van der Waals surface area contributed by atoms with Crippen molar-refractivity contribution in [3.63, 3.8) is 0 Å². The van der Waals surface area contributed by atoms with Gasteiger partial charge in [0.15, 0.2) is 0 Å². The van der Waals surface area contributed by atoms with Gasteiger partial charge in [-0.25, -0.2) is 4.98 Å². The Bertz CT molecular complexity index is 751. The summed E-state index contributed by atoms with van der Waals surface area (Å²) in [7, 11) is 3.28. The number of fused-ring (bicyclic) bond motifs is 1. The number of nitrogens with one attached hydrogen (secondary N) is 1. The zero-order chi connectivity index (χ0) is 19.7. The van der Waals surface area contributed by atoms with Gasteiger partial charge in [-0.1, -0.05) is 6.42 Å². The van der Waals surface area contributed by atoms with E-state index in [1.54, 1.807) is 32.5 Å². The molecule has 4 rings (SSSR count). The minimum absolute atomic E-state index is 0.0319. The second kappa shape index (κ2) is 7.70. The maximum atomic E-state index is 13.2. The average molecular weight is 387 g/mol. The van der Waals surface area contributed by atoms with E-state index in [0.29, 0.717) is 18.0 Å². The third kappa shape index (κ3) is 3.36. The van der Waals surface area contributed by atoms with Crippen LogP contribution in [0.25, 0.3) is 0 Å². The predicted molar refractivity (Wildman–Crippen MR) is 103 cm³/mol. The van der Waals surface area contributed by atoms with Crippen LogP contribution in [0.2, 0.25) is 0 Å². The van der Waals surface area contributed by atoms with E-state index in [2.05, 4.69) is 10.3 Å². The topological polar surface area (TPSA) is 80.8 Å². The van der Waals surface area contributed by atoms with E-state index in [4.69, 9.17) is 9.47 Å². The average Bonchev–Trinajstić information content (AvgIpc) is 3.05. The number of methoxy groups -OCH3 is 2. The smallest absolute Gasteiger partial charge is 0.254 e. The van der Waals surface area contributed by atoms with Crippen LogP contribution in [-0.2, 0) is 9.53 Å². The molecule has 1 aromatic heterocycles. The minimum atomic E-state index is -0.315. The van der Waals surface area contributed by atoms with Crippen molar-refractivity contribution in [2.45, 2.75) is 62.6 Å². The Morgan fingerprint density at radius 3 is 2.75 bits per heavy atom. The van der Waals surface area contributed by atoms with E-state index in [1.165, 1.54) is 0 Å². The summed E-state index contributed by atoms with van der Waals surface area (Å²) >= 11 is 0. The fraction of sp³-hybridized carbons (Fsp3) is 0.667. The molecule has 7 heteroatoms. The highest BCUT2D eigenvalue weighted by molar-refractivity contribution is 5.95. The van der Waals surface area contributed by atoms with Gasteiger partial charge in [0.05, 0.1) is 18.8 Å². The highest BCUT2D eigenvalue weighted by atomic mass is 16.5. The first-order valence-electron chi connectivity index (χ1n) is 10.2. The van der Waals surface area contributed by atoms with Crippen LogP contribution in [0.1, 0.15) is 55.3 Å². The molecule has 2 saturated carbocycles. The number of hydrogen-bond acceptors (Lipinski definition) is 5. The highest BCUT2D eigenvalue weighted by Crippen LogP contribution is 2.43. The number of pyridine rings is 1. The molecule has 3 atom stereocenters. The predicted octanol–water partition coefficient (Wildman–Crippen LogP) is 2.16. The standard InChI is InChI=1S/C21H29N3O4/c1-27-18-12-15(7-10-22-18)20(26)24-11-9-21(28-2)8-6-16(13-17(21)24)23-19(25)14-4-3-5-14/h7,10,12,14,16-17H,3-6,8-9,11,13H2,1-2H3,(H,23,25)/t16-,17+,21-/m1/s1. The fourth-order valence-corrected chi connectivity index (χ4v) is 4.88. The van der Waals surface area contributed by atoms with Crippen LogP contribution < -0.4 is 10.1 Å². The van der Waals surface area contributed by atoms with Crippen LogP contribution in [0, 0.1) is 5.92 Å². The number of amides is 2. The molecule has 0 unspecified atom stereocenters. The Hall–Kier alpha value is -2.15. The number of carbonyl (C=O) groups excluding carboxylic acids is 2. The quantitative estimate of drug-likeness (QED) is 0.837. The van der Waals surface area contributed by atoms with Crippen molar-refractivity contribution in [3.8, 4) is 5.88 Å². The monoisotopic (exact) mass is 387 g/mol. The summed E-state index contributed by atoms with van der Waals surface area (Å²) in [5.74, 6) is 0.753. The molecule has 7 nitrogen and oxygen atoms in total. The van der Waals surface area contributed by atoms with Gasteiger partial charge in [0.1, 0.15) is 0 Å². The zero-order valence-corrected chi connectivity index (χ0v) is 16.6. The summed E-state index contributed by atoms with van der Waals surface area (Å²) in [6, 6.07) is 3.45. The van der Waals surface area contributed by atoms with Gasteiger partial charge in [-0.3, -0.25) is 9.59 Å². The van der Waals surface area contributed by atoms with Crippen molar-refractivity contribution >= 4 is 11.8 Å². The Morgan fingerprint density at radius 2 is 2.07 bits per heavy atom. The van der Waals surface area contributed by atoms with Gasteiger partial charge < -0.3 is 19.7 Å². The van der Waals surface area contributed by atoms with Gasteiger partial charge in [-0.05, 0) is 44.6 Å². The number of likely N-dealkylation sites (tertiary alicyclic amines) is 1. The molecule has 0 bridgehead atoms. The van der Waals surface area contributed by atoms with Crippen LogP contribution in [0.15, 0.2) is 18.3 Å². The molecule has 1 aliphatic heterocycles. The molecule has 152 valence electrons. The summed E-state index contributed by atoms with van der Waals surface area (Å²) < 4.78 is 11.1. The fourth-order valence-electron chi connectivity index (χ4n) is 4.88. The second-order valence-corrected chi connectivity index (χ2v) is 8.23. The van der Waals surface area contributed by atoms with E-state index in [1.807, 2.05) is 4.90 Å². The van der Waals surface area contributed by atoms with Crippen LogP contribution >= 0.6 is 0 Å². The highest BCUT2D eigenvalue weighted by Gasteiger charge is 2.52. The van der Waals surface area contributed by atoms with Gasteiger partial charge in [-0.2, -0.15) is 0 Å². The summed E-state index contributed by atoms with van der Waals surface area (Å²) in [4.78, 5) is 31.6. The lowest BCUT2D eigenvalue weighted by Crippen LogP contribution is -2.56. The minimum Gasteiger partial charge on any atom is -0.481 e. The van der Waals surface area contributed by atoms with Gasteiger partial charge in [0.25, 0.3) is 5.91 Å². The lowest BCUT2D eigenvalue weighted by molar-refractivity contribution is -0.129. The normalized spacial score (nSPS) is 29.7. The van der Waals surface area contributed by atoms with Gasteiger partial charge >= 0.3 is 0 Å². The third-order valence-electron chi connectivity index (χ3n) is 6.86. The van der Waals surface area contributed by atoms with E-state index in [-0.39, 0.29) is 35.4 Å². The van der Waals surface area contributed by atoms with Gasteiger partial charge in [-0.15, -0.1) is 0 Å². The molecule has 3 fully saturated rings. The van der Waals surface area contributed by atoms with Crippen molar-refractivity contribution in [2.75, 3.05) is 20.8 Å². The number of carbonyl (C=O) groups is 2. The number of nitrogens with zero attached hydrogens (tertiary/aromatic N) is 2. The molecule has 2 aliphatic carbocycles. The first kappa shape index (κ1) is 19.2. The SMILES string of the molecule is COc1cc(C(=O)N2CC[C@]3(OC)CC[C@@H](NC(=O)C4CCC4)C[C@H]23)ccn1. The van der Waals surface area contributed by atoms with E-state index >= 15 is 0 Å². The lowest BCUT2D eigenvalue weighted by Gasteiger charge is -2.44. The Labute approximate surface area is 165 Å². The Morgan fingerprint density at radius 1 is 1.25 bits per heavy atom. The van der Waals surface area contributed by atoms with Crippen molar-refractivity contribution in [2.24, 2.45) is 5.92 Å². The lowest BCUT2D eigenvalue weighted by atomic mass is 9.77.